The molecule has 1 aliphatic rings. The number of carbonyl (C=O) groups excluding carboxylic acids is 1. The molecule has 7 heteroatoms. The van der Waals surface area contributed by atoms with Gasteiger partial charge in [0.1, 0.15) is 0 Å². The van der Waals surface area contributed by atoms with E-state index in [-0.39, 0.29) is 21.4 Å². The molecule has 5 nitrogen and oxygen atoms in total. The number of hydrogen-bond donors (Lipinski definition) is 0. The lowest BCUT2D eigenvalue weighted by Gasteiger charge is -2.21. The van der Waals surface area contributed by atoms with E-state index in [0.717, 1.165) is 12.8 Å². The summed E-state index contributed by atoms with van der Waals surface area (Å²) in [5, 5.41) is 0.221. The Morgan fingerprint density at radius 3 is 2.33 bits per heavy atom. The number of carbonyl (C=O) groups is 1. The summed E-state index contributed by atoms with van der Waals surface area (Å²) in [6.45, 7) is 8.92. The first-order chi connectivity index (χ1) is 11.4. The molecule has 1 aliphatic heterocycles. The van der Waals surface area contributed by atoms with Crippen LogP contribution in [-0.2, 0) is 10.0 Å². The third-order valence-corrected chi connectivity index (χ3v) is 6.08. The second kappa shape index (κ2) is 7.96. The Hall–Kier alpha value is -1.63. The van der Waals surface area contributed by atoms with Crippen molar-refractivity contribution in [3.63, 3.8) is 0 Å². The first kappa shape index (κ1) is 18.7. The van der Waals surface area contributed by atoms with Gasteiger partial charge in [0, 0.05) is 26.2 Å². The molecule has 0 atom stereocenters. The summed E-state index contributed by atoms with van der Waals surface area (Å²) in [5.74, 6) is -0.349. The largest absolute Gasteiger partial charge is 0.331 e. The topological polar surface area (TPSA) is 57.7 Å². The number of halogens is 1. The van der Waals surface area contributed by atoms with E-state index in [0.29, 0.717) is 26.2 Å². The van der Waals surface area contributed by atoms with Crippen molar-refractivity contribution in [1.82, 2.24) is 9.21 Å². The van der Waals surface area contributed by atoms with E-state index in [4.69, 9.17) is 11.6 Å². The molecule has 1 heterocycles. The number of rotatable bonds is 7. The molecular formula is C17H21ClN2O3S. The van der Waals surface area contributed by atoms with Gasteiger partial charge in [-0.3, -0.25) is 4.79 Å². The van der Waals surface area contributed by atoms with Gasteiger partial charge in [-0.25, -0.2) is 8.42 Å². The van der Waals surface area contributed by atoms with Crippen LogP contribution in [0.2, 0.25) is 5.02 Å². The summed E-state index contributed by atoms with van der Waals surface area (Å²) >= 11 is 6.14. The summed E-state index contributed by atoms with van der Waals surface area (Å²) in [6, 6.07) is 4.26. The molecule has 0 unspecified atom stereocenters. The van der Waals surface area contributed by atoms with Crippen LogP contribution >= 0.6 is 11.6 Å². The molecule has 0 N–H and O–H groups in total. The normalized spacial score (nSPS) is 15.2. The SMILES string of the molecule is C=CCN(CC=C)C(=O)c1cc(S(=O)(=O)N2CCCC2)ccc1Cl. The first-order valence-electron chi connectivity index (χ1n) is 7.72. The maximum absolute atomic E-state index is 12.7. The van der Waals surface area contributed by atoms with Gasteiger partial charge in [0.05, 0.1) is 15.5 Å². The van der Waals surface area contributed by atoms with Crippen LogP contribution in [0, 0.1) is 0 Å². The van der Waals surface area contributed by atoms with Crippen LogP contribution in [0.4, 0.5) is 0 Å². The molecule has 130 valence electrons. The van der Waals surface area contributed by atoms with Crippen LogP contribution in [0.15, 0.2) is 48.4 Å². The highest BCUT2D eigenvalue weighted by Gasteiger charge is 2.28. The van der Waals surface area contributed by atoms with Crippen LogP contribution in [0.3, 0.4) is 0 Å². The van der Waals surface area contributed by atoms with Gasteiger partial charge in [0.2, 0.25) is 10.0 Å². The maximum Gasteiger partial charge on any atom is 0.255 e. The first-order valence-corrected chi connectivity index (χ1v) is 9.54. The Balaban J connectivity index is 2.39. The van der Waals surface area contributed by atoms with Gasteiger partial charge in [-0.05, 0) is 31.0 Å². The van der Waals surface area contributed by atoms with Gasteiger partial charge >= 0.3 is 0 Å². The fourth-order valence-corrected chi connectivity index (χ4v) is 4.37. The van der Waals surface area contributed by atoms with E-state index in [2.05, 4.69) is 13.2 Å². The number of amides is 1. The predicted molar refractivity (Wildman–Crippen MR) is 95.7 cm³/mol. The van der Waals surface area contributed by atoms with Crippen LogP contribution in [0.25, 0.3) is 0 Å². The minimum absolute atomic E-state index is 0.0920. The van der Waals surface area contributed by atoms with Crippen LogP contribution in [0.5, 0.6) is 0 Å². The monoisotopic (exact) mass is 368 g/mol. The lowest BCUT2D eigenvalue weighted by atomic mass is 10.2. The minimum atomic E-state index is -3.60. The zero-order valence-electron chi connectivity index (χ0n) is 13.4. The summed E-state index contributed by atoms with van der Waals surface area (Å²) in [6.07, 6.45) is 4.90. The van der Waals surface area contributed by atoms with Crippen LogP contribution in [-0.4, -0.2) is 49.7 Å². The number of hydrogen-bond acceptors (Lipinski definition) is 3. The Labute approximate surface area is 148 Å². The average molecular weight is 369 g/mol. The fourth-order valence-electron chi connectivity index (χ4n) is 2.63. The zero-order valence-corrected chi connectivity index (χ0v) is 15.0. The van der Waals surface area contributed by atoms with E-state index in [9.17, 15) is 13.2 Å². The van der Waals surface area contributed by atoms with E-state index in [1.807, 2.05) is 0 Å². The number of nitrogens with zero attached hydrogens (tertiary/aromatic N) is 2. The molecule has 0 aliphatic carbocycles. The number of sulfonamides is 1. The quantitative estimate of drug-likeness (QED) is 0.695. The highest BCUT2D eigenvalue weighted by atomic mass is 35.5. The highest BCUT2D eigenvalue weighted by molar-refractivity contribution is 7.89. The molecule has 1 saturated heterocycles. The number of benzene rings is 1. The predicted octanol–water partition coefficient (Wildman–Crippen LogP) is 2.94. The van der Waals surface area contributed by atoms with Gasteiger partial charge < -0.3 is 4.90 Å². The minimum Gasteiger partial charge on any atom is -0.331 e. The molecule has 1 fully saturated rings. The lowest BCUT2D eigenvalue weighted by Crippen LogP contribution is -2.32. The Bertz CT molecular complexity index is 730. The van der Waals surface area contributed by atoms with Crippen molar-refractivity contribution >= 4 is 27.5 Å². The van der Waals surface area contributed by atoms with Crippen molar-refractivity contribution in [3.05, 3.63) is 54.1 Å². The van der Waals surface area contributed by atoms with Crippen molar-refractivity contribution < 1.29 is 13.2 Å². The second-order valence-corrected chi connectivity index (χ2v) is 7.89. The van der Waals surface area contributed by atoms with E-state index in [1.54, 1.807) is 12.2 Å². The molecule has 2 rings (SSSR count). The summed E-state index contributed by atoms with van der Waals surface area (Å²) in [4.78, 5) is 14.3. The molecular weight excluding hydrogens is 348 g/mol. The molecule has 24 heavy (non-hydrogen) atoms. The zero-order chi connectivity index (χ0) is 17.7. The van der Waals surface area contributed by atoms with Gasteiger partial charge in [-0.1, -0.05) is 23.8 Å². The lowest BCUT2D eigenvalue weighted by molar-refractivity contribution is 0.0791. The van der Waals surface area contributed by atoms with Crippen LogP contribution < -0.4 is 0 Å². The van der Waals surface area contributed by atoms with Gasteiger partial charge in [-0.2, -0.15) is 4.31 Å². The van der Waals surface area contributed by atoms with Crippen LogP contribution in [0.1, 0.15) is 23.2 Å². The molecule has 0 saturated carbocycles. The average Bonchev–Trinajstić information content (AvgIpc) is 3.09. The van der Waals surface area contributed by atoms with Crippen molar-refractivity contribution in [3.8, 4) is 0 Å². The standard InChI is InChI=1S/C17H21ClN2O3S/c1-3-9-19(10-4-2)17(21)15-13-14(7-8-16(15)18)24(22,23)20-11-5-6-12-20/h3-4,7-8,13H,1-2,5-6,9-12H2. The summed E-state index contributed by atoms with van der Waals surface area (Å²) in [5.41, 5.74) is 0.167. The highest BCUT2D eigenvalue weighted by Crippen LogP contribution is 2.26. The van der Waals surface area contributed by atoms with Gasteiger partial charge in [-0.15, -0.1) is 13.2 Å². The molecule has 0 spiro atoms. The summed E-state index contributed by atoms with van der Waals surface area (Å²) in [7, 11) is -3.60. The van der Waals surface area contributed by atoms with E-state index >= 15 is 0 Å². The summed E-state index contributed by atoms with van der Waals surface area (Å²) < 4.78 is 26.8. The van der Waals surface area contributed by atoms with Crippen molar-refractivity contribution in [2.24, 2.45) is 0 Å². The van der Waals surface area contributed by atoms with E-state index < -0.39 is 10.0 Å². The maximum atomic E-state index is 12.7. The molecule has 0 bridgehead atoms. The molecule has 0 aromatic heterocycles. The molecule has 1 aromatic rings. The Morgan fingerprint density at radius 2 is 1.79 bits per heavy atom. The van der Waals surface area contributed by atoms with E-state index in [1.165, 1.54) is 27.4 Å². The van der Waals surface area contributed by atoms with Crippen molar-refractivity contribution in [2.45, 2.75) is 17.7 Å². The van der Waals surface area contributed by atoms with Gasteiger partial charge in [0.15, 0.2) is 0 Å². The van der Waals surface area contributed by atoms with Crippen molar-refractivity contribution in [1.29, 1.82) is 0 Å². The van der Waals surface area contributed by atoms with Crippen molar-refractivity contribution in [2.75, 3.05) is 26.2 Å². The Kier molecular flexibility index (Phi) is 6.21. The fraction of sp³-hybridized carbons (Fsp3) is 0.353. The molecule has 1 aromatic carbocycles. The smallest absolute Gasteiger partial charge is 0.255 e. The third-order valence-electron chi connectivity index (χ3n) is 3.86. The second-order valence-electron chi connectivity index (χ2n) is 5.54. The Morgan fingerprint density at radius 1 is 1.21 bits per heavy atom. The van der Waals surface area contributed by atoms with Gasteiger partial charge in [0.25, 0.3) is 5.91 Å². The third kappa shape index (κ3) is 3.88. The molecule has 0 radical (unpaired) electrons. The molecule has 1 amide bonds.